The Morgan fingerprint density at radius 2 is 2.27 bits per heavy atom. The summed E-state index contributed by atoms with van der Waals surface area (Å²) >= 11 is 3.35. The Hall–Kier alpha value is -0.870. The fourth-order valence-electron chi connectivity index (χ4n) is 1.17. The first-order valence-corrected chi connectivity index (χ1v) is 5.78. The van der Waals surface area contributed by atoms with Gasteiger partial charge in [0.25, 0.3) is 0 Å². The molecule has 0 spiro atoms. The maximum absolute atomic E-state index is 11.4. The van der Waals surface area contributed by atoms with Crippen molar-refractivity contribution in [3.63, 3.8) is 0 Å². The average molecular weight is 271 g/mol. The summed E-state index contributed by atoms with van der Waals surface area (Å²) in [5.41, 5.74) is 0.825. The number of hydrogen-bond acceptors (Lipinski definition) is 2. The maximum atomic E-state index is 11.4. The van der Waals surface area contributed by atoms with Crippen LogP contribution < -0.4 is 10.6 Å². The molecule has 15 heavy (non-hydrogen) atoms. The molecule has 0 heterocycles. The second kappa shape index (κ2) is 6.58. The van der Waals surface area contributed by atoms with Gasteiger partial charge in [-0.1, -0.05) is 28.9 Å². The molecule has 0 aliphatic carbocycles. The van der Waals surface area contributed by atoms with Crippen molar-refractivity contribution in [1.82, 2.24) is 5.32 Å². The first-order valence-electron chi connectivity index (χ1n) is 4.98. The van der Waals surface area contributed by atoms with E-state index in [-0.39, 0.29) is 5.91 Å². The predicted molar refractivity (Wildman–Crippen MR) is 65.9 cm³/mol. The molecule has 0 bridgehead atoms. The number of rotatable bonds is 5. The lowest BCUT2D eigenvalue weighted by Gasteiger charge is -2.05. The van der Waals surface area contributed by atoms with Crippen LogP contribution in [0, 0.1) is 0 Å². The Morgan fingerprint density at radius 1 is 1.47 bits per heavy atom. The zero-order chi connectivity index (χ0) is 11.1. The zero-order valence-electron chi connectivity index (χ0n) is 8.72. The summed E-state index contributed by atoms with van der Waals surface area (Å²) in [6, 6.07) is 7.57. The van der Waals surface area contributed by atoms with E-state index in [1.807, 2.05) is 31.2 Å². The average Bonchev–Trinajstić information content (AvgIpc) is 2.18. The van der Waals surface area contributed by atoms with Crippen LogP contribution in [0.25, 0.3) is 0 Å². The van der Waals surface area contributed by atoms with Gasteiger partial charge in [0, 0.05) is 23.1 Å². The largest absolute Gasteiger partial charge is 0.326 e. The Bertz CT molecular complexity index is 328. The number of nitrogens with one attached hydrogen (secondary N) is 2. The van der Waals surface area contributed by atoms with Gasteiger partial charge in [-0.3, -0.25) is 4.79 Å². The second-order valence-corrected chi connectivity index (χ2v) is 4.08. The van der Waals surface area contributed by atoms with Crippen molar-refractivity contribution in [2.24, 2.45) is 0 Å². The molecule has 3 nitrogen and oxygen atoms in total. The highest BCUT2D eigenvalue weighted by atomic mass is 79.9. The first kappa shape index (κ1) is 12.2. The Kier molecular flexibility index (Phi) is 5.36. The molecular weight excluding hydrogens is 256 g/mol. The topological polar surface area (TPSA) is 41.1 Å². The number of halogens is 1. The summed E-state index contributed by atoms with van der Waals surface area (Å²) < 4.78 is 0.965. The Morgan fingerprint density at radius 3 is 2.93 bits per heavy atom. The lowest BCUT2D eigenvalue weighted by Crippen LogP contribution is -2.21. The number of anilines is 1. The van der Waals surface area contributed by atoms with Crippen LogP contribution in [0.2, 0.25) is 0 Å². The molecule has 2 N–H and O–H groups in total. The zero-order valence-corrected chi connectivity index (χ0v) is 10.3. The van der Waals surface area contributed by atoms with E-state index in [4.69, 9.17) is 0 Å². The summed E-state index contributed by atoms with van der Waals surface area (Å²) in [6.07, 6.45) is 0.500. The van der Waals surface area contributed by atoms with Crippen molar-refractivity contribution in [1.29, 1.82) is 0 Å². The third-order valence-electron chi connectivity index (χ3n) is 1.89. The van der Waals surface area contributed by atoms with Crippen molar-refractivity contribution in [3.8, 4) is 0 Å². The minimum Gasteiger partial charge on any atom is -0.326 e. The smallest absolute Gasteiger partial charge is 0.225 e. The van der Waals surface area contributed by atoms with Crippen molar-refractivity contribution in [2.75, 3.05) is 18.4 Å². The minimum atomic E-state index is 0.0362. The lowest BCUT2D eigenvalue weighted by molar-refractivity contribution is -0.116. The van der Waals surface area contributed by atoms with Crippen molar-refractivity contribution < 1.29 is 4.79 Å². The maximum Gasteiger partial charge on any atom is 0.225 e. The van der Waals surface area contributed by atoms with Gasteiger partial charge in [-0.2, -0.15) is 0 Å². The molecule has 0 saturated heterocycles. The third kappa shape index (κ3) is 4.95. The van der Waals surface area contributed by atoms with Gasteiger partial charge in [0.2, 0.25) is 5.91 Å². The van der Waals surface area contributed by atoms with Gasteiger partial charge in [0.05, 0.1) is 0 Å². The van der Waals surface area contributed by atoms with Crippen molar-refractivity contribution in [3.05, 3.63) is 28.7 Å². The van der Waals surface area contributed by atoms with Crippen LogP contribution in [0.15, 0.2) is 28.7 Å². The van der Waals surface area contributed by atoms with E-state index in [2.05, 4.69) is 26.6 Å². The van der Waals surface area contributed by atoms with Crippen LogP contribution in [0.5, 0.6) is 0 Å². The number of benzene rings is 1. The number of hydrogen-bond donors (Lipinski definition) is 2. The molecule has 1 amide bonds. The monoisotopic (exact) mass is 270 g/mol. The molecule has 0 atom stereocenters. The molecule has 0 unspecified atom stereocenters. The highest BCUT2D eigenvalue weighted by Gasteiger charge is 2.01. The fraction of sp³-hybridized carbons (Fsp3) is 0.364. The molecule has 0 aliphatic rings. The van der Waals surface area contributed by atoms with E-state index >= 15 is 0 Å². The van der Waals surface area contributed by atoms with E-state index in [1.54, 1.807) is 0 Å². The second-order valence-electron chi connectivity index (χ2n) is 3.16. The Balaban J connectivity index is 2.37. The molecule has 1 rings (SSSR count). The molecule has 1 aromatic carbocycles. The van der Waals surface area contributed by atoms with E-state index in [1.165, 1.54) is 0 Å². The number of carbonyl (C=O) groups is 1. The highest BCUT2D eigenvalue weighted by molar-refractivity contribution is 9.10. The van der Waals surface area contributed by atoms with Crippen LogP contribution in [-0.4, -0.2) is 19.0 Å². The predicted octanol–water partition coefficient (Wildman–Crippen LogP) is 2.39. The third-order valence-corrected chi connectivity index (χ3v) is 2.38. The van der Waals surface area contributed by atoms with E-state index in [0.717, 1.165) is 23.2 Å². The van der Waals surface area contributed by atoms with Crippen LogP contribution in [0.1, 0.15) is 13.3 Å². The van der Waals surface area contributed by atoms with Crippen molar-refractivity contribution >= 4 is 27.5 Å². The van der Waals surface area contributed by atoms with Gasteiger partial charge in [-0.15, -0.1) is 0 Å². The van der Waals surface area contributed by atoms with E-state index in [9.17, 15) is 4.79 Å². The molecule has 0 aromatic heterocycles. The summed E-state index contributed by atoms with van der Waals surface area (Å²) in [5.74, 6) is 0.0362. The van der Waals surface area contributed by atoms with Crippen LogP contribution >= 0.6 is 15.9 Å². The van der Waals surface area contributed by atoms with Crippen LogP contribution in [0.3, 0.4) is 0 Å². The summed E-state index contributed by atoms with van der Waals surface area (Å²) in [6.45, 7) is 3.63. The fourth-order valence-corrected chi connectivity index (χ4v) is 1.57. The Labute approximate surface area is 98.4 Å². The summed E-state index contributed by atoms with van der Waals surface area (Å²) in [7, 11) is 0. The molecule has 4 heteroatoms. The summed E-state index contributed by atoms with van der Waals surface area (Å²) in [4.78, 5) is 11.4. The lowest BCUT2D eigenvalue weighted by atomic mass is 10.3. The molecule has 0 radical (unpaired) electrons. The summed E-state index contributed by atoms with van der Waals surface area (Å²) in [5, 5.41) is 5.94. The number of amides is 1. The SMILES string of the molecule is CCNCCC(=O)Nc1cccc(Br)c1. The van der Waals surface area contributed by atoms with E-state index < -0.39 is 0 Å². The van der Waals surface area contributed by atoms with Gasteiger partial charge < -0.3 is 10.6 Å². The van der Waals surface area contributed by atoms with Crippen molar-refractivity contribution in [2.45, 2.75) is 13.3 Å². The highest BCUT2D eigenvalue weighted by Crippen LogP contribution is 2.15. The molecule has 0 saturated carbocycles. The molecular formula is C11H15BrN2O. The minimum absolute atomic E-state index is 0.0362. The van der Waals surface area contributed by atoms with Crippen LogP contribution in [0.4, 0.5) is 5.69 Å². The van der Waals surface area contributed by atoms with E-state index in [0.29, 0.717) is 6.42 Å². The molecule has 82 valence electrons. The van der Waals surface area contributed by atoms with Gasteiger partial charge in [0.15, 0.2) is 0 Å². The first-order chi connectivity index (χ1) is 7.22. The van der Waals surface area contributed by atoms with Crippen LogP contribution in [-0.2, 0) is 4.79 Å². The molecule has 0 fully saturated rings. The van der Waals surface area contributed by atoms with Gasteiger partial charge in [-0.05, 0) is 24.7 Å². The molecule has 1 aromatic rings. The standard InChI is InChI=1S/C11H15BrN2O/c1-2-13-7-6-11(15)14-10-5-3-4-9(12)8-10/h3-5,8,13H,2,6-7H2,1H3,(H,14,15). The number of carbonyl (C=O) groups excluding carboxylic acids is 1. The molecule has 0 aliphatic heterocycles. The van der Waals surface area contributed by atoms with Gasteiger partial charge in [0.1, 0.15) is 0 Å². The van der Waals surface area contributed by atoms with Gasteiger partial charge in [-0.25, -0.2) is 0 Å². The van der Waals surface area contributed by atoms with Gasteiger partial charge >= 0.3 is 0 Å². The normalized spacial score (nSPS) is 10.0. The quantitative estimate of drug-likeness (QED) is 0.807.